The third kappa shape index (κ3) is 4.89. The van der Waals surface area contributed by atoms with E-state index in [1.807, 2.05) is 32.0 Å². The lowest BCUT2D eigenvalue weighted by Gasteiger charge is -2.17. The molecule has 0 saturated heterocycles. The topological polar surface area (TPSA) is 33.3 Å². The van der Waals surface area contributed by atoms with Gasteiger partial charge < -0.3 is 15.4 Å². The largest absolute Gasteiger partial charge is 0.383 e. The van der Waals surface area contributed by atoms with E-state index in [2.05, 4.69) is 10.6 Å². The average Bonchev–Trinajstić information content (AvgIpc) is 2.22. The number of aryl methyl sites for hydroxylation is 1. The van der Waals surface area contributed by atoms with Crippen molar-refractivity contribution in [2.24, 2.45) is 0 Å². The number of nitrogens with one attached hydrogen (secondary N) is 2. The van der Waals surface area contributed by atoms with Crippen LogP contribution in [-0.2, 0) is 4.74 Å². The summed E-state index contributed by atoms with van der Waals surface area (Å²) in [7, 11) is 1.66. The highest BCUT2D eigenvalue weighted by Crippen LogP contribution is 2.19. The van der Waals surface area contributed by atoms with Crippen molar-refractivity contribution in [3.63, 3.8) is 0 Å². The van der Waals surface area contributed by atoms with Gasteiger partial charge in [-0.2, -0.15) is 0 Å². The molecule has 0 aliphatic heterocycles. The molecule has 3 nitrogen and oxygen atoms in total. The summed E-state index contributed by atoms with van der Waals surface area (Å²) in [5.74, 6) is 0. The predicted molar refractivity (Wildman–Crippen MR) is 76.9 cm³/mol. The van der Waals surface area contributed by atoms with E-state index in [4.69, 9.17) is 28.6 Å². The molecule has 0 heterocycles. The van der Waals surface area contributed by atoms with Crippen molar-refractivity contribution < 1.29 is 4.74 Å². The zero-order chi connectivity index (χ0) is 12.8. The number of hydrogen-bond acceptors (Lipinski definition) is 2. The first kappa shape index (κ1) is 14.2. The average molecular weight is 273 g/mol. The van der Waals surface area contributed by atoms with Crippen LogP contribution in [0.4, 0.5) is 5.69 Å². The zero-order valence-electron chi connectivity index (χ0n) is 10.2. The van der Waals surface area contributed by atoms with Gasteiger partial charge in [0.15, 0.2) is 5.11 Å². The van der Waals surface area contributed by atoms with Gasteiger partial charge in [0.2, 0.25) is 0 Å². The van der Waals surface area contributed by atoms with Crippen LogP contribution in [0.1, 0.15) is 12.5 Å². The number of rotatable bonds is 4. The minimum atomic E-state index is 0.174. The fourth-order valence-electron chi connectivity index (χ4n) is 1.44. The predicted octanol–water partition coefficient (Wildman–Crippen LogP) is 2.97. The molecule has 1 aromatic carbocycles. The van der Waals surface area contributed by atoms with Gasteiger partial charge in [0.1, 0.15) is 0 Å². The molecule has 0 aliphatic rings. The van der Waals surface area contributed by atoms with Gasteiger partial charge in [-0.1, -0.05) is 11.6 Å². The maximum absolute atomic E-state index is 5.89. The molecule has 94 valence electrons. The number of ether oxygens (including phenoxy) is 1. The number of benzene rings is 1. The molecule has 0 fully saturated rings. The van der Waals surface area contributed by atoms with E-state index in [1.165, 1.54) is 0 Å². The fraction of sp³-hybridized carbons (Fsp3) is 0.417. The molecule has 2 N–H and O–H groups in total. The Kier molecular flexibility index (Phi) is 5.68. The Morgan fingerprint density at radius 3 is 2.82 bits per heavy atom. The first-order valence-corrected chi connectivity index (χ1v) is 6.14. The van der Waals surface area contributed by atoms with Crippen LogP contribution in [-0.4, -0.2) is 24.9 Å². The summed E-state index contributed by atoms with van der Waals surface area (Å²) in [5, 5.41) is 7.57. The number of halogens is 1. The van der Waals surface area contributed by atoms with Crippen molar-refractivity contribution in [1.29, 1.82) is 0 Å². The monoisotopic (exact) mass is 272 g/mol. The Morgan fingerprint density at radius 1 is 1.53 bits per heavy atom. The van der Waals surface area contributed by atoms with Crippen LogP contribution in [0.15, 0.2) is 18.2 Å². The SMILES string of the molecule is COCC(C)NC(=S)Nc1ccc(Cl)cc1C. The number of methoxy groups -OCH3 is 1. The van der Waals surface area contributed by atoms with Crippen LogP contribution in [0.5, 0.6) is 0 Å². The Labute approximate surface area is 112 Å². The standard InChI is InChI=1S/C12H17ClN2OS/c1-8-6-10(13)4-5-11(8)15-12(17)14-9(2)7-16-3/h4-6,9H,7H2,1-3H3,(H2,14,15,17). The molecule has 1 unspecified atom stereocenters. The van der Waals surface area contributed by atoms with Crippen LogP contribution < -0.4 is 10.6 Å². The molecule has 5 heteroatoms. The summed E-state index contributed by atoms with van der Waals surface area (Å²) in [6, 6.07) is 5.81. The van der Waals surface area contributed by atoms with Crippen LogP contribution >= 0.6 is 23.8 Å². The van der Waals surface area contributed by atoms with Crippen molar-refractivity contribution in [3.05, 3.63) is 28.8 Å². The van der Waals surface area contributed by atoms with Gasteiger partial charge in [-0.3, -0.25) is 0 Å². The summed E-state index contributed by atoms with van der Waals surface area (Å²) in [5.41, 5.74) is 2.01. The highest BCUT2D eigenvalue weighted by Gasteiger charge is 2.05. The van der Waals surface area contributed by atoms with Crippen molar-refractivity contribution in [1.82, 2.24) is 5.32 Å². The highest BCUT2D eigenvalue weighted by atomic mass is 35.5. The summed E-state index contributed by atoms with van der Waals surface area (Å²) in [4.78, 5) is 0. The summed E-state index contributed by atoms with van der Waals surface area (Å²) >= 11 is 11.1. The van der Waals surface area contributed by atoms with E-state index in [-0.39, 0.29) is 6.04 Å². The van der Waals surface area contributed by atoms with Gasteiger partial charge in [0, 0.05) is 23.9 Å². The second kappa shape index (κ2) is 6.79. The molecule has 1 rings (SSSR count). The normalized spacial score (nSPS) is 12.0. The van der Waals surface area contributed by atoms with Gasteiger partial charge >= 0.3 is 0 Å². The van der Waals surface area contributed by atoms with Crippen LogP contribution in [0, 0.1) is 6.92 Å². The third-order valence-electron chi connectivity index (χ3n) is 2.23. The van der Waals surface area contributed by atoms with Crippen molar-refractivity contribution >= 4 is 34.6 Å². The second-order valence-corrected chi connectivity index (χ2v) is 4.76. The van der Waals surface area contributed by atoms with Crippen molar-refractivity contribution in [2.45, 2.75) is 19.9 Å². The number of thiocarbonyl (C=S) groups is 1. The van der Waals surface area contributed by atoms with Crippen LogP contribution in [0.3, 0.4) is 0 Å². The van der Waals surface area contributed by atoms with Gasteiger partial charge in [-0.25, -0.2) is 0 Å². The Bertz CT molecular complexity index is 398. The van der Waals surface area contributed by atoms with Crippen LogP contribution in [0.25, 0.3) is 0 Å². The fourth-order valence-corrected chi connectivity index (χ4v) is 1.98. The molecule has 1 aromatic rings. The zero-order valence-corrected chi connectivity index (χ0v) is 11.8. The minimum absolute atomic E-state index is 0.174. The van der Waals surface area contributed by atoms with E-state index in [9.17, 15) is 0 Å². The molecule has 17 heavy (non-hydrogen) atoms. The van der Waals surface area contributed by atoms with E-state index < -0.39 is 0 Å². The number of anilines is 1. The lowest BCUT2D eigenvalue weighted by atomic mass is 10.2. The summed E-state index contributed by atoms with van der Waals surface area (Å²) < 4.78 is 5.03. The molecule has 0 saturated carbocycles. The maximum Gasteiger partial charge on any atom is 0.171 e. The molecule has 0 spiro atoms. The van der Waals surface area contributed by atoms with Gasteiger partial charge in [-0.15, -0.1) is 0 Å². The summed E-state index contributed by atoms with van der Waals surface area (Å²) in [6.45, 7) is 4.60. The van der Waals surface area contributed by atoms with E-state index in [0.29, 0.717) is 11.7 Å². The van der Waals surface area contributed by atoms with E-state index in [1.54, 1.807) is 7.11 Å². The highest BCUT2D eigenvalue weighted by molar-refractivity contribution is 7.80. The Morgan fingerprint density at radius 2 is 2.24 bits per heavy atom. The Balaban J connectivity index is 2.56. The van der Waals surface area contributed by atoms with Crippen LogP contribution in [0.2, 0.25) is 5.02 Å². The Hall–Kier alpha value is -0.840. The lowest BCUT2D eigenvalue weighted by Crippen LogP contribution is -2.38. The van der Waals surface area contributed by atoms with Crippen molar-refractivity contribution in [2.75, 3.05) is 19.0 Å². The molecule has 0 aliphatic carbocycles. The van der Waals surface area contributed by atoms with Gasteiger partial charge in [0.25, 0.3) is 0 Å². The molecular formula is C12H17ClN2OS. The lowest BCUT2D eigenvalue weighted by molar-refractivity contribution is 0.179. The van der Waals surface area contributed by atoms with E-state index in [0.717, 1.165) is 16.3 Å². The maximum atomic E-state index is 5.89. The quantitative estimate of drug-likeness (QED) is 0.826. The third-order valence-corrected chi connectivity index (χ3v) is 2.69. The first-order valence-electron chi connectivity index (χ1n) is 5.35. The molecule has 1 atom stereocenters. The smallest absolute Gasteiger partial charge is 0.171 e. The minimum Gasteiger partial charge on any atom is -0.383 e. The second-order valence-electron chi connectivity index (χ2n) is 3.91. The first-order chi connectivity index (χ1) is 8.02. The molecular weight excluding hydrogens is 256 g/mol. The molecule has 0 bridgehead atoms. The van der Waals surface area contributed by atoms with Gasteiger partial charge in [0.05, 0.1) is 6.61 Å². The number of hydrogen-bond donors (Lipinski definition) is 2. The molecule has 0 aromatic heterocycles. The summed E-state index contributed by atoms with van der Waals surface area (Å²) in [6.07, 6.45) is 0. The van der Waals surface area contributed by atoms with Gasteiger partial charge in [-0.05, 0) is 49.8 Å². The van der Waals surface area contributed by atoms with Crippen molar-refractivity contribution in [3.8, 4) is 0 Å². The molecule has 0 radical (unpaired) electrons. The molecule has 0 amide bonds. The van der Waals surface area contributed by atoms with E-state index >= 15 is 0 Å².